The molecule has 0 aromatic heterocycles. The summed E-state index contributed by atoms with van der Waals surface area (Å²) in [6.45, 7) is 10.9. The third-order valence-electron chi connectivity index (χ3n) is 2.27. The predicted molar refractivity (Wildman–Crippen MR) is 68.6 cm³/mol. The van der Waals surface area contributed by atoms with Gasteiger partial charge in [0.1, 0.15) is 5.60 Å². The summed E-state index contributed by atoms with van der Waals surface area (Å²) in [6, 6.07) is 7.92. The van der Waals surface area contributed by atoms with E-state index in [-0.39, 0.29) is 0 Å². The van der Waals surface area contributed by atoms with Crippen molar-refractivity contribution in [1.29, 1.82) is 0 Å². The molecule has 1 aliphatic heterocycles. The van der Waals surface area contributed by atoms with E-state index in [1.807, 2.05) is 58.9 Å². The molecule has 1 aromatic carbocycles. The van der Waals surface area contributed by atoms with Gasteiger partial charge in [-0.25, -0.2) is 0 Å². The second kappa shape index (κ2) is 7.42. The van der Waals surface area contributed by atoms with Crippen LogP contribution in [0.2, 0.25) is 0 Å². The van der Waals surface area contributed by atoms with Gasteiger partial charge in [-0.15, -0.1) is 0 Å². The number of hydrogen-bond acceptors (Lipinski definition) is 2. The molecule has 0 bridgehead atoms. The molecule has 0 spiro atoms. The van der Waals surface area contributed by atoms with Crippen LogP contribution in [0.15, 0.2) is 24.3 Å². The lowest BCUT2D eigenvalue weighted by molar-refractivity contribution is -0.184. The van der Waals surface area contributed by atoms with Crippen molar-refractivity contribution in [3.63, 3.8) is 0 Å². The van der Waals surface area contributed by atoms with Crippen LogP contribution in [0.5, 0.6) is 0 Å². The lowest BCUT2D eigenvalue weighted by atomic mass is 9.92. The Morgan fingerprint density at radius 2 is 1.44 bits per heavy atom. The van der Waals surface area contributed by atoms with Crippen molar-refractivity contribution in [2.75, 3.05) is 13.2 Å². The first-order valence-electron chi connectivity index (χ1n) is 6.08. The molecule has 0 unspecified atom stereocenters. The summed E-state index contributed by atoms with van der Waals surface area (Å²) in [4.78, 5) is 0. The highest BCUT2D eigenvalue weighted by atomic mass is 16.5. The van der Waals surface area contributed by atoms with E-state index < -0.39 is 5.60 Å². The van der Waals surface area contributed by atoms with E-state index in [4.69, 9.17) is 4.74 Å². The Kier molecular flexibility index (Phi) is 7.02. The molecule has 0 radical (unpaired) electrons. The van der Waals surface area contributed by atoms with Crippen molar-refractivity contribution in [2.24, 2.45) is 0 Å². The molecule has 0 aliphatic carbocycles. The maximum absolute atomic E-state index is 9.85. The van der Waals surface area contributed by atoms with Gasteiger partial charge in [-0.3, -0.25) is 0 Å². The minimum Gasteiger partial charge on any atom is -0.380 e. The lowest BCUT2D eigenvalue weighted by Crippen LogP contribution is -2.46. The predicted octanol–water partition coefficient (Wildman–Crippen LogP) is 3.27. The second-order valence-corrected chi connectivity index (χ2v) is 3.39. The standard InChI is InChI=1S/C10H12O2.2C2H6/c1-8-2-4-9(5-3-8)10(11)6-12-7-10;2*1-2/h2-5,11H,6-7H2,1H3;2*1-2H3. The number of aryl methyl sites for hydroxylation is 1. The number of hydrogen-bond donors (Lipinski definition) is 1. The van der Waals surface area contributed by atoms with Gasteiger partial charge >= 0.3 is 0 Å². The van der Waals surface area contributed by atoms with Gasteiger partial charge < -0.3 is 9.84 Å². The van der Waals surface area contributed by atoms with Gasteiger partial charge in [0.05, 0.1) is 13.2 Å². The molecule has 1 fully saturated rings. The van der Waals surface area contributed by atoms with Crippen molar-refractivity contribution >= 4 is 0 Å². The Morgan fingerprint density at radius 1 is 1.00 bits per heavy atom. The van der Waals surface area contributed by atoms with Gasteiger partial charge in [0.2, 0.25) is 0 Å². The average molecular weight is 224 g/mol. The van der Waals surface area contributed by atoms with Crippen LogP contribution in [0.25, 0.3) is 0 Å². The highest BCUT2D eigenvalue weighted by molar-refractivity contribution is 5.27. The van der Waals surface area contributed by atoms with Gasteiger partial charge in [-0.05, 0) is 12.5 Å². The summed E-state index contributed by atoms with van der Waals surface area (Å²) in [6.07, 6.45) is 0. The molecule has 1 N–H and O–H groups in total. The van der Waals surface area contributed by atoms with Crippen molar-refractivity contribution in [3.05, 3.63) is 35.4 Å². The molecule has 1 aromatic rings. The maximum atomic E-state index is 9.85. The molecule has 2 heteroatoms. The minimum absolute atomic E-state index is 0.427. The zero-order valence-electron chi connectivity index (χ0n) is 11.1. The van der Waals surface area contributed by atoms with E-state index in [1.54, 1.807) is 0 Å². The second-order valence-electron chi connectivity index (χ2n) is 3.39. The van der Waals surface area contributed by atoms with E-state index in [0.29, 0.717) is 13.2 Å². The summed E-state index contributed by atoms with van der Waals surface area (Å²) in [5.74, 6) is 0. The maximum Gasteiger partial charge on any atom is 0.136 e. The zero-order chi connectivity index (χ0) is 12.6. The van der Waals surface area contributed by atoms with E-state index in [2.05, 4.69) is 0 Å². The Balaban J connectivity index is 0.000000509. The van der Waals surface area contributed by atoms with Crippen LogP contribution in [0.1, 0.15) is 38.8 Å². The zero-order valence-corrected chi connectivity index (χ0v) is 11.1. The summed E-state index contributed by atoms with van der Waals surface area (Å²) < 4.78 is 4.97. The van der Waals surface area contributed by atoms with E-state index in [1.165, 1.54) is 5.56 Å². The summed E-state index contributed by atoms with van der Waals surface area (Å²) in [5, 5.41) is 9.85. The quantitative estimate of drug-likeness (QED) is 0.793. The molecular weight excluding hydrogens is 200 g/mol. The van der Waals surface area contributed by atoms with E-state index in [0.717, 1.165) is 5.56 Å². The van der Waals surface area contributed by atoms with Gasteiger partial charge in [-0.1, -0.05) is 57.5 Å². The van der Waals surface area contributed by atoms with Gasteiger partial charge in [-0.2, -0.15) is 0 Å². The molecule has 2 nitrogen and oxygen atoms in total. The van der Waals surface area contributed by atoms with Crippen LogP contribution in [0, 0.1) is 6.92 Å². The largest absolute Gasteiger partial charge is 0.380 e. The first-order valence-corrected chi connectivity index (χ1v) is 6.08. The first kappa shape index (κ1) is 15.1. The molecule has 0 saturated carbocycles. The number of ether oxygens (including phenoxy) is 1. The van der Waals surface area contributed by atoms with Gasteiger partial charge in [0.15, 0.2) is 0 Å². The van der Waals surface area contributed by atoms with Crippen LogP contribution in [-0.2, 0) is 10.3 Å². The van der Waals surface area contributed by atoms with Crippen molar-refractivity contribution in [1.82, 2.24) is 0 Å². The smallest absolute Gasteiger partial charge is 0.136 e. The molecule has 0 atom stereocenters. The van der Waals surface area contributed by atoms with Gasteiger partial charge in [0, 0.05) is 0 Å². The van der Waals surface area contributed by atoms with E-state index >= 15 is 0 Å². The molecule has 0 amide bonds. The molecule has 92 valence electrons. The number of aliphatic hydroxyl groups is 1. The fourth-order valence-corrected chi connectivity index (χ4v) is 1.33. The Hall–Kier alpha value is -0.860. The SMILES string of the molecule is CC.CC.Cc1ccc(C2(O)COC2)cc1. The summed E-state index contributed by atoms with van der Waals surface area (Å²) in [7, 11) is 0. The van der Waals surface area contributed by atoms with E-state index in [9.17, 15) is 5.11 Å². The van der Waals surface area contributed by atoms with Crippen molar-refractivity contribution in [3.8, 4) is 0 Å². The summed E-state index contributed by atoms with van der Waals surface area (Å²) in [5.41, 5.74) is 1.45. The first-order chi connectivity index (χ1) is 7.71. The van der Waals surface area contributed by atoms with Crippen molar-refractivity contribution in [2.45, 2.75) is 40.2 Å². The molecular formula is C14H24O2. The fraction of sp³-hybridized carbons (Fsp3) is 0.571. The van der Waals surface area contributed by atoms with Crippen LogP contribution in [-0.4, -0.2) is 18.3 Å². The third-order valence-corrected chi connectivity index (χ3v) is 2.27. The lowest BCUT2D eigenvalue weighted by Gasteiger charge is -2.36. The third kappa shape index (κ3) is 3.62. The highest BCUT2D eigenvalue weighted by Crippen LogP contribution is 2.28. The highest BCUT2D eigenvalue weighted by Gasteiger charge is 2.37. The van der Waals surface area contributed by atoms with Crippen LogP contribution in [0.4, 0.5) is 0 Å². The van der Waals surface area contributed by atoms with Gasteiger partial charge in [0.25, 0.3) is 0 Å². The Morgan fingerprint density at radius 3 is 1.75 bits per heavy atom. The number of rotatable bonds is 1. The minimum atomic E-state index is -0.715. The molecule has 1 saturated heterocycles. The average Bonchev–Trinajstić information content (AvgIpc) is 2.32. The Bertz CT molecular complexity index is 273. The monoisotopic (exact) mass is 224 g/mol. The number of benzene rings is 1. The van der Waals surface area contributed by atoms with Crippen LogP contribution >= 0.6 is 0 Å². The molecule has 2 rings (SSSR count). The van der Waals surface area contributed by atoms with Crippen molar-refractivity contribution < 1.29 is 9.84 Å². The molecule has 16 heavy (non-hydrogen) atoms. The summed E-state index contributed by atoms with van der Waals surface area (Å²) >= 11 is 0. The molecule has 1 heterocycles. The fourth-order valence-electron chi connectivity index (χ4n) is 1.33. The molecule has 1 aliphatic rings. The van der Waals surface area contributed by atoms with Crippen LogP contribution in [0.3, 0.4) is 0 Å². The topological polar surface area (TPSA) is 29.5 Å². The Labute approximate surface area is 99.3 Å². The normalized spacial score (nSPS) is 15.9. The van der Waals surface area contributed by atoms with Crippen LogP contribution < -0.4 is 0 Å².